The normalized spacial score (nSPS) is 11.4. The highest BCUT2D eigenvalue weighted by Crippen LogP contribution is 2.32. The Bertz CT molecular complexity index is 989. The molecule has 0 amide bonds. The van der Waals surface area contributed by atoms with Gasteiger partial charge in [0, 0.05) is 10.6 Å². The Morgan fingerprint density at radius 2 is 1.79 bits per heavy atom. The fourth-order valence-electron chi connectivity index (χ4n) is 2.75. The van der Waals surface area contributed by atoms with Gasteiger partial charge in [-0.05, 0) is 42.2 Å². The van der Waals surface area contributed by atoms with E-state index >= 15 is 0 Å². The molecule has 0 unspecified atom stereocenters. The molecule has 152 valence electrons. The third-order valence-electron chi connectivity index (χ3n) is 4.15. The van der Waals surface area contributed by atoms with Gasteiger partial charge in [0.25, 0.3) is 0 Å². The first kappa shape index (κ1) is 21.1. The van der Waals surface area contributed by atoms with E-state index < -0.39 is 0 Å². The zero-order chi connectivity index (χ0) is 20.8. The van der Waals surface area contributed by atoms with E-state index in [2.05, 4.69) is 41.3 Å². The van der Waals surface area contributed by atoms with E-state index in [1.54, 1.807) is 18.3 Å². The quantitative estimate of drug-likeness (QED) is 0.355. The Labute approximate surface area is 180 Å². The Balaban J connectivity index is 1.69. The molecule has 1 aromatic heterocycles. The van der Waals surface area contributed by atoms with Crippen molar-refractivity contribution in [3.05, 3.63) is 69.7 Å². The molecule has 0 saturated carbocycles. The second kappa shape index (κ2) is 9.76. The molecule has 3 rings (SSSR count). The van der Waals surface area contributed by atoms with Gasteiger partial charge in [-0.15, -0.1) is 10.2 Å². The summed E-state index contributed by atoms with van der Waals surface area (Å²) in [4.78, 5) is 0. The van der Waals surface area contributed by atoms with Crippen LogP contribution in [0.15, 0.2) is 48.1 Å². The summed E-state index contributed by atoms with van der Waals surface area (Å²) in [7, 11) is 0. The highest BCUT2D eigenvalue weighted by atomic mass is 35.5. The molecule has 0 fully saturated rings. The Morgan fingerprint density at radius 1 is 1.07 bits per heavy atom. The smallest absolute Gasteiger partial charge is 0.147 e. The van der Waals surface area contributed by atoms with E-state index in [4.69, 9.17) is 32.7 Å². The summed E-state index contributed by atoms with van der Waals surface area (Å²) in [6.45, 7) is 7.03. The first-order valence-electron chi connectivity index (χ1n) is 9.18. The largest absolute Gasteiger partial charge is 0.490 e. The van der Waals surface area contributed by atoms with Crippen molar-refractivity contribution in [1.29, 1.82) is 0 Å². The summed E-state index contributed by atoms with van der Waals surface area (Å²) in [6.07, 6.45) is 4.55. The Morgan fingerprint density at radius 3 is 2.52 bits per heavy atom. The van der Waals surface area contributed by atoms with Crippen LogP contribution in [0.2, 0.25) is 10.0 Å². The van der Waals surface area contributed by atoms with E-state index in [1.165, 1.54) is 22.9 Å². The van der Waals surface area contributed by atoms with Gasteiger partial charge in [-0.3, -0.25) is 0 Å². The van der Waals surface area contributed by atoms with Crippen LogP contribution in [0.25, 0.3) is 0 Å². The maximum atomic E-state index is 6.34. The lowest BCUT2D eigenvalue weighted by atomic mass is 10.0. The predicted molar refractivity (Wildman–Crippen MR) is 116 cm³/mol. The summed E-state index contributed by atoms with van der Waals surface area (Å²) in [5.41, 5.74) is 2.97. The van der Waals surface area contributed by atoms with Crippen LogP contribution in [-0.4, -0.2) is 34.3 Å². The van der Waals surface area contributed by atoms with Crippen LogP contribution in [0.1, 0.15) is 36.5 Å². The number of hydrogen-bond acceptors (Lipinski definition) is 5. The molecule has 0 aliphatic heterocycles. The van der Waals surface area contributed by atoms with Crippen LogP contribution in [0.3, 0.4) is 0 Å². The number of ether oxygens (including phenoxy) is 2. The minimum atomic E-state index is 0.320. The number of nitrogens with zero attached hydrogens (tertiary/aromatic N) is 4. The summed E-state index contributed by atoms with van der Waals surface area (Å²) in [5.74, 6) is 1.74. The van der Waals surface area contributed by atoms with Gasteiger partial charge in [-0.2, -0.15) is 5.10 Å². The molecule has 29 heavy (non-hydrogen) atoms. The molecule has 0 bridgehead atoms. The van der Waals surface area contributed by atoms with Crippen molar-refractivity contribution < 1.29 is 9.47 Å². The average molecular weight is 433 g/mol. The molecule has 3 aromatic rings. The summed E-state index contributed by atoms with van der Waals surface area (Å²) in [6, 6.07) is 9.60. The van der Waals surface area contributed by atoms with E-state index in [1.807, 2.05) is 13.0 Å². The number of halogens is 2. The molecule has 0 radical (unpaired) electrons. The molecule has 8 heteroatoms. The molecule has 0 aliphatic carbocycles. The van der Waals surface area contributed by atoms with Crippen LogP contribution >= 0.6 is 23.2 Å². The molecule has 0 spiro atoms. The van der Waals surface area contributed by atoms with Gasteiger partial charge < -0.3 is 9.47 Å². The Kier molecular flexibility index (Phi) is 7.12. The van der Waals surface area contributed by atoms with Crippen molar-refractivity contribution in [3.8, 4) is 11.5 Å². The first-order chi connectivity index (χ1) is 13.9. The van der Waals surface area contributed by atoms with Gasteiger partial charge in [0.05, 0.1) is 11.2 Å². The van der Waals surface area contributed by atoms with Crippen molar-refractivity contribution in [2.24, 2.45) is 5.10 Å². The maximum absolute atomic E-state index is 6.34. The standard InChI is InChI=1S/C21H22Cl2N4O2/c1-14(2)18-5-4-15(3)8-20(18)28-6-7-29-21-16(9-17(22)10-19(21)23)11-26-27-12-24-25-13-27/h4-5,8-14H,6-7H2,1-3H3. The van der Waals surface area contributed by atoms with E-state index in [0.717, 1.165) is 11.3 Å². The third kappa shape index (κ3) is 5.71. The minimum absolute atomic E-state index is 0.320. The van der Waals surface area contributed by atoms with Crippen molar-refractivity contribution >= 4 is 29.4 Å². The molecular formula is C21H22Cl2N4O2. The summed E-state index contributed by atoms with van der Waals surface area (Å²) in [5, 5.41) is 12.5. The summed E-state index contributed by atoms with van der Waals surface area (Å²) >= 11 is 12.5. The molecule has 0 aliphatic rings. The van der Waals surface area contributed by atoms with Crippen molar-refractivity contribution in [1.82, 2.24) is 14.9 Å². The van der Waals surface area contributed by atoms with Crippen molar-refractivity contribution in [2.45, 2.75) is 26.7 Å². The third-order valence-corrected chi connectivity index (χ3v) is 4.65. The molecule has 6 nitrogen and oxygen atoms in total. The van der Waals surface area contributed by atoms with Crippen LogP contribution in [0, 0.1) is 6.92 Å². The lowest BCUT2D eigenvalue weighted by Crippen LogP contribution is -2.11. The fourth-order valence-corrected chi connectivity index (χ4v) is 3.31. The van der Waals surface area contributed by atoms with Gasteiger partial charge in [-0.1, -0.05) is 49.2 Å². The summed E-state index contributed by atoms with van der Waals surface area (Å²) < 4.78 is 13.3. The monoisotopic (exact) mass is 432 g/mol. The first-order valence-corrected chi connectivity index (χ1v) is 9.94. The lowest BCUT2D eigenvalue weighted by molar-refractivity contribution is 0.215. The lowest BCUT2D eigenvalue weighted by Gasteiger charge is -2.16. The van der Waals surface area contributed by atoms with Crippen molar-refractivity contribution in [3.63, 3.8) is 0 Å². The second-order valence-corrected chi connectivity index (χ2v) is 7.63. The van der Waals surface area contributed by atoms with Crippen LogP contribution in [-0.2, 0) is 0 Å². The van der Waals surface area contributed by atoms with Crippen LogP contribution in [0.5, 0.6) is 11.5 Å². The van der Waals surface area contributed by atoms with Gasteiger partial charge >= 0.3 is 0 Å². The fraction of sp³-hybridized carbons (Fsp3) is 0.286. The number of hydrogen-bond donors (Lipinski definition) is 0. The maximum Gasteiger partial charge on any atom is 0.147 e. The highest BCUT2D eigenvalue weighted by molar-refractivity contribution is 6.36. The van der Waals surface area contributed by atoms with Crippen LogP contribution in [0.4, 0.5) is 0 Å². The molecule has 0 atom stereocenters. The molecule has 0 saturated heterocycles. The van der Waals surface area contributed by atoms with Gasteiger partial charge in [0.15, 0.2) is 0 Å². The molecule has 2 aromatic carbocycles. The van der Waals surface area contributed by atoms with Crippen LogP contribution < -0.4 is 9.47 Å². The number of rotatable bonds is 8. The van der Waals surface area contributed by atoms with E-state index in [9.17, 15) is 0 Å². The zero-order valence-electron chi connectivity index (χ0n) is 16.5. The number of aryl methyl sites for hydroxylation is 1. The predicted octanol–water partition coefficient (Wildman–Crippen LogP) is 5.36. The zero-order valence-corrected chi connectivity index (χ0v) is 18.0. The van der Waals surface area contributed by atoms with Gasteiger partial charge in [0.2, 0.25) is 0 Å². The second-order valence-electron chi connectivity index (χ2n) is 6.79. The Hall–Kier alpha value is -2.57. The highest BCUT2D eigenvalue weighted by Gasteiger charge is 2.11. The number of aromatic nitrogens is 3. The van der Waals surface area contributed by atoms with E-state index in [-0.39, 0.29) is 0 Å². The van der Waals surface area contributed by atoms with Crippen molar-refractivity contribution in [2.75, 3.05) is 13.2 Å². The SMILES string of the molecule is Cc1ccc(C(C)C)c(OCCOc2c(Cl)cc(Cl)cc2C=Nn2cnnc2)c1. The van der Waals surface area contributed by atoms with Gasteiger partial charge in [0.1, 0.15) is 37.4 Å². The molecular weight excluding hydrogens is 411 g/mol. The number of benzene rings is 2. The average Bonchev–Trinajstić information content (AvgIpc) is 3.18. The molecule has 1 heterocycles. The van der Waals surface area contributed by atoms with Gasteiger partial charge in [-0.25, -0.2) is 4.68 Å². The molecule has 0 N–H and O–H groups in total. The minimum Gasteiger partial charge on any atom is -0.490 e. The topological polar surface area (TPSA) is 61.5 Å². The van der Waals surface area contributed by atoms with E-state index in [0.29, 0.717) is 40.5 Å².